The first-order valence-corrected chi connectivity index (χ1v) is 19.2. The van der Waals surface area contributed by atoms with E-state index in [0.29, 0.717) is 0 Å². The molecule has 10 rings (SSSR count). The van der Waals surface area contributed by atoms with Gasteiger partial charge in [-0.2, -0.15) is 0 Å². The molecule has 10 aromatic rings. The molecule has 1 heterocycles. The topological polar surface area (TPSA) is 3.24 Å². The number of fused-ring (bicyclic) bond motifs is 4. The van der Waals surface area contributed by atoms with Crippen molar-refractivity contribution in [1.29, 1.82) is 0 Å². The van der Waals surface area contributed by atoms with Crippen molar-refractivity contribution < 1.29 is 0 Å². The second-order valence-corrected chi connectivity index (χ2v) is 14.8. The predicted molar refractivity (Wildman–Crippen MR) is 233 cm³/mol. The van der Waals surface area contributed by atoms with E-state index in [2.05, 4.69) is 217 Å². The Morgan fingerprint density at radius 3 is 1.69 bits per heavy atom. The van der Waals surface area contributed by atoms with Gasteiger partial charge in [0.05, 0.1) is 5.69 Å². The highest BCUT2D eigenvalue weighted by molar-refractivity contribution is 7.26. The fraction of sp³-hybridized carbons (Fsp3) is 0. The molecule has 54 heavy (non-hydrogen) atoms. The molecule has 0 spiro atoms. The standard InChI is InChI=1S/C52H35NS/c1-2-12-36(13-3-1)38-24-26-39(27-25-38)40-30-32-44(33-31-40)53(45-17-10-16-42(35-45)43-29-28-37-14-4-5-15-41(37)34-43)50-22-8-6-18-46(50)48-20-11-21-49-47-19-7-9-23-51(47)54-52(48)49/h1-35H. The number of benzene rings is 9. The third-order valence-electron chi connectivity index (χ3n) is 10.5. The maximum absolute atomic E-state index is 2.42. The molecule has 0 N–H and O–H groups in total. The quantitative estimate of drug-likeness (QED) is 0.160. The van der Waals surface area contributed by atoms with Crippen LogP contribution in [0.5, 0.6) is 0 Å². The van der Waals surface area contributed by atoms with E-state index >= 15 is 0 Å². The lowest BCUT2D eigenvalue weighted by atomic mass is 9.98. The first-order valence-electron chi connectivity index (χ1n) is 18.4. The summed E-state index contributed by atoms with van der Waals surface area (Å²) < 4.78 is 2.62. The maximum Gasteiger partial charge on any atom is 0.0540 e. The summed E-state index contributed by atoms with van der Waals surface area (Å²) in [4.78, 5) is 2.42. The second-order valence-electron chi connectivity index (χ2n) is 13.7. The van der Waals surface area contributed by atoms with Crippen molar-refractivity contribution in [3.8, 4) is 44.5 Å². The van der Waals surface area contributed by atoms with Crippen LogP contribution >= 0.6 is 11.3 Å². The van der Waals surface area contributed by atoms with Gasteiger partial charge in [-0.1, -0.05) is 170 Å². The number of anilines is 3. The van der Waals surface area contributed by atoms with Crippen LogP contribution in [0.25, 0.3) is 75.5 Å². The van der Waals surface area contributed by atoms with Crippen LogP contribution in [0.3, 0.4) is 0 Å². The summed E-state index contributed by atoms with van der Waals surface area (Å²) in [5.41, 5.74) is 13.0. The fourth-order valence-corrected chi connectivity index (χ4v) is 9.00. The van der Waals surface area contributed by atoms with E-state index in [1.54, 1.807) is 0 Å². The van der Waals surface area contributed by atoms with Gasteiger partial charge in [0.1, 0.15) is 0 Å². The van der Waals surface area contributed by atoms with E-state index in [1.807, 2.05) is 11.3 Å². The number of hydrogen-bond acceptors (Lipinski definition) is 2. The van der Waals surface area contributed by atoms with Gasteiger partial charge in [0.2, 0.25) is 0 Å². The number of rotatable bonds is 7. The van der Waals surface area contributed by atoms with E-state index < -0.39 is 0 Å². The SMILES string of the molecule is c1ccc(-c2ccc(-c3ccc(N(c4cccc(-c5ccc6ccccc6c5)c4)c4ccccc4-c4cccc5c4sc4ccccc45)cc3)cc2)cc1. The monoisotopic (exact) mass is 705 g/mol. The van der Waals surface area contributed by atoms with Gasteiger partial charge < -0.3 is 4.90 Å². The molecule has 0 aliphatic heterocycles. The molecule has 0 bridgehead atoms. The minimum Gasteiger partial charge on any atom is -0.310 e. The Morgan fingerprint density at radius 1 is 0.315 bits per heavy atom. The van der Waals surface area contributed by atoms with Crippen LogP contribution in [0.1, 0.15) is 0 Å². The number of thiophene rings is 1. The lowest BCUT2D eigenvalue weighted by Gasteiger charge is -2.28. The van der Waals surface area contributed by atoms with Gasteiger partial charge in [-0.25, -0.2) is 0 Å². The molecule has 0 radical (unpaired) electrons. The summed E-state index contributed by atoms with van der Waals surface area (Å²) in [6, 6.07) is 77.1. The van der Waals surface area contributed by atoms with Crippen molar-refractivity contribution in [2.75, 3.05) is 4.90 Å². The van der Waals surface area contributed by atoms with E-state index in [-0.39, 0.29) is 0 Å². The zero-order valence-corrected chi connectivity index (χ0v) is 30.4. The molecular weight excluding hydrogens is 671 g/mol. The number of nitrogens with zero attached hydrogens (tertiary/aromatic N) is 1. The summed E-state index contributed by atoms with van der Waals surface area (Å²) in [6.45, 7) is 0. The minimum atomic E-state index is 1.10. The molecule has 0 saturated heterocycles. The van der Waals surface area contributed by atoms with Crippen LogP contribution < -0.4 is 4.90 Å². The van der Waals surface area contributed by atoms with Crippen LogP contribution in [0.2, 0.25) is 0 Å². The molecular formula is C52H35NS. The Morgan fingerprint density at radius 2 is 0.870 bits per heavy atom. The van der Waals surface area contributed by atoms with Gasteiger partial charge in [0.15, 0.2) is 0 Å². The first-order chi connectivity index (χ1) is 26.8. The zero-order valence-electron chi connectivity index (χ0n) is 29.6. The van der Waals surface area contributed by atoms with Crippen molar-refractivity contribution in [2.45, 2.75) is 0 Å². The lowest BCUT2D eigenvalue weighted by molar-refractivity contribution is 1.28. The summed E-state index contributed by atoms with van der Waals surface area (Å²) in [5.74, 6) is 0. The van der Waals surface area contributed by atoms with Gasteiger partial charge in [0.25, 0.3) is 0 Å². The molecule has 0 atom stereocenters. The van der Waals surface area contributed by atoms with Gasteiger partial charge in [-0.3, -0.25) is 0 Å². The molecule has 2 heteroatoms. The number of para-hydroxylation sites is 1. The van der Waals surface area contributed by atoms with Crippen molar-refractivity contribution in [1.82, 2.24) is 0 Å². The smallest absolute Gasteiger partial charge is 0.0540 e. The largest absolute Gasteiger partial charge is 0.310 e. The third kappa shape index (κ3) is 5.84. The molecule has 0 fully saturated rings. The molecule has 0 aliphatic rings. The van der Waals surface area contributed by atoms with Gasteiger partial charge in [-0.05, 0) is 86.6 Å². The van der Waals surface area contributed by atoms with Gasteiger partial charge in [-0.15, -0.1) is 11.3 Å². The third-order valence-corrected chi connectivity index (χ3v) is 11.7. The molecule has 254 valence electrons. The van der Waals surface area contributed by atoms with Crippen molar-refractivity contribution in [3.05, 3.63) is 212 Å². The second kappa shape index (κ2) is 13.7. The van der Waals surface area contributed by atoms with E-state index in [4.69, 9.17) is 0 Å². The van der Waals surface area contributed by atoms with Crippen LogP contribution in [0, 0.1) is 0 Å². The number of hydrogen-bond donors (Lipinski definition) is 0. The predicted octanol–water partition coefficient (Wildman–Crippen LogP) is 15.3. The summed E-state index contributed by atoms with van der Waals surface area (Å²) in [7, 11) is 0. The molecule has 1 nitrogen and oxygen atoms in total. The summed E-state index contributed by atoms with van der Waals surface area (Å²) >= 11 is 1.88. The highest BCUT2D eigenvalue weighted by Gasteiger charge is 2.20. The molecule has 0 aliphatic carbocycles. The van der Waals surface area contributed by atoms with Crippen LogP contribution in [0.4, 0.5) is 17.1 Å². The fourth-order valence-electron chi connectivity index (χ4n) is 7.77. The Kier molecular flexibility index (Phi) is 8.09. The maximum atomic E-state index is 2.42. The van der Waals surface area contributed by atoms with E-state index in [0.717, 1.165) is 17.1 Å². The van der Waals surface area contributed by atoms with E-state index in [9.17, 15) is 0 Å². The van der Waals surface area contributed by atoms with Crippen molar-refractivity contribution in [3.63, 3.8) is 0 Å². The van der Waals surface area contributed by atoms with Gasteiger partial charge >= 0.3 is 0 Å². The molecule has 9 aromatic carbocycles. The average molecular weight is 706 g/mol. The van der Waals surface area contributed by atoms with Crippen LogP contribution in [-0.2, 0) is 0 Å². The first kappa shape index (κ1) is 32.0. The Balaban J connectivity index is 1.11. The highest BCUT2D eigenvalue weighted by Crippen LogP contribution is 2.46. The van der Waals surface area contributed by atoms with Gasteiger partial charge in [0, 0.05) is 42.7 Å². The molecule has 0 saturated carbocycles. The summed E-state index contributed by atoms with van der Waals surface area (Å²) in [5, 5.41) is 5.10. The van der Waals surface area contributed by atoms with E-state index in [1.165, 1.54) is 75.5 Å². The normalized spacial score (nSPS) is 11.3. The zero-order chi connectivity index (χ0) is 35.8. The average Bonchev–Trinajstić information content (AvgIpc) is 3.64. The van der Waals surface area contributed by atoms with Crippen LogP contribution in [0.15, 0.2) is 212 Å². The van der Waals surface area contributed by atoms with Crippen LogP contribution in [-0.4, -0.2) is 0 Å². The highest BCUT2D eigenvalue weighted by atomic mass is 32.1. The Hall–Kier alpha value is -6.74. The Bertz CT molecular complexity index is 2920. The Labute approximate surface area is 319 Å². The summed E-state index contributed by atoms with van der Waals surface area (Å²) in [6.07, 6.45) is 0. The lowest BCUT2D eigenvalue weighted by Crippen LogP contribution is -2.11. The van der Waals surface area contributed by atoms with Crippen molar-refractivity contribution in [2.24, 2.45) is 0 Å². The minimum absolute atomic E-state index is 1.10. The molecule has 0 unspecified atom stereocenters. The molecule has 0 amide bonds. The molecule has 1 aromatic heterocycles. The van der Waals surface area contributed by atoms with Crippen molar-refractivity contribution >= 4 is 59.3 Å².